The summed E-state index contributed by atoms with van der Waals surface area (Å²) in [6.07, 6.45) is 5.33. The molecule has 0 aromatic carbocycles. The Morgan fingerprint density at radius 2 is 1.91 bits per heavy atom. The average Bonchev–Trinajstić information content (AvgIpc) is 3.63. The monoisotopic (exact) mass is 619 g/mol. The van der Waals surface area contributed by atoms with Crippen LogP contribution >= 0.6 is 0 Å². The molecule has 0 saturated carbocycles. The van der Waals surface area contributed by atoms with Gasteiger partial charge in [0.1, 0.15) is 17.2 Å². The number of aromatic nitrogens is 6. The Hall–Kier alpha value is -5.21. The van der Waals surface area contributed by atoms with Crippen molar-refractivity contribution >= 4 is 34.7 Å². The molecule has 0 spiro atoms. The molecule has 0 unspecified atom stereocenters. The summed E-state index contributed by atoms with van der Waals surface area (Å²) in [5.41, 5.74) is 0.0419. The molecule has 0 radical (unpaired) electrons. The number of nitrogens with zero attached hydrogens (tertiary/aromatic N) is 6. The van der Waals surface area contributed by atoms with E-state index >= 15 is 0 Å². The number of nitrogens with one attached hydrogen (secondary N) is 3. The molecule has 1 aliphatic rings. The Bertz CT molecular complexity index is 1810. The predicted octanol–water partition coefficient (Wildman–Crippen LogP) is 1.83. The third-order valence-electron chi connectivity index (χ3n) is 7.55. The van der Waals surface area contributed by atoms with E-state index in [2.05, 4.69) is 30.2 Å². The van der Waals surface area contributed by atoms with Crippen LogP contribution < -0.4 is 21.5 Å². The van der Waals surface area contributed by atoms with Crippen LogP contribution in [0.15, 0.2) is 46.2 Å². The third-order valence-corrected chi connectivity index (χ3v) is 7.55. The standard InChI is InChI=1S/C30H34FN9O5/c1-3-11-40-27-26(28(43)37-30(40)45)35-23(36-27)15-21(34-18(2)41)19-8-10-24(33-16-19)39(14-5-13-38-12-4-6-25(38)42)29(44)20-7-9-22(31)32-17-20/h7-10,16-17,21H,3-6,11-15H2,1-2H3,(H,34,41)(H,35,36)(H,37,43,45)/t21-/m0/s1. The van der Waals surface area contributed by atoms with Gasteiger partial charge >= 0.3 is 5.69 Å². The molecule has 1 atom stereocenters. The maximum Gasteiger partial charge on any atom is 0.330 e. The fourth-order valence-corrected chi connectivity index (χ4v) is 5.41. The van der Waals surface area contributed by atoms with Gasteiger partial charge in [-0.3, -0.25) is 33.6 Å². The summed E-state index contributed by atoms with van der Waals surface area (Å²) in [5, 5.41) is 2.87. The molecule has 5 rings (SSSR count). The van der Waals surface area contributed by atoms with E-state index < -0.39 is 29.1 Å². The lowest BCUT2D eigenvalue weighted by molar-refractivity contribution is -0.127. The molecule has 1 saturated heterocycles. The highest BCUT2D eigenvalue weighted by Crippen LogP contribution is 2.22. The number of aryl methyl sites for hydroxylation is 1. The molecule has 4 aromatic rings. The van der Waals surface area contributed by atoms with Gasteiger partial charge in [0.25, 0.3) is 11.5 Å². The molecule has 4 aromatic heterocycles. The molecule has 3 amide bonds. The van der Waals surface area contributed by atoms with E-state index in [9.17, 15) is 28.4 Å². The number of imidazole rings is 1. The summed E-state index contributed by atoms with van der Waals surface area (Å²) >= 11 is 0. The number of halogens is 1. The number of rotatable bonds is 12. The molecule has 14 nitrogen and oxygen atoms in total. The molecular formula is C30H34FN9O5. The highest BCUT2D eigenvalue weighted by molar-refractivity contribution is 6.05. The number of carbonyl (C=O) groups is 3. The lowest BCUT2D eigenvalue weighted by Gasteiger charge is -2.24. The minimum atomic E-state index is -0.708. The lowest BCUT2D eigenvalue weighted by atomic mass is 10.1. The molecule has 1 fully saturated rings. The van der Waals surface area contributed by atoms with Gasteiger partial charge in [0.2, 0.25) is 17.8 Å². The molecule has 3 N–H and O–H groups in total. The van der Waals surface area contributed by atoms with Gasteiger partial charge in [0, 0.05) is 58.3 Å². The molecule has 0 bridgehead atoms. The van der Waals surface area contributed by atoms with Crippen LogP contribution in [0.25, 0.3) is 11.2 Å². The number of anilines is 1. The fraction of sp³-hybridized carbons (Fsp3) is 0.400. The number of pyridine rings is 2. The van der Waals surface area contributed by atoms with Crippen molar-refractivity contribution in [1.82, 2.24) is 39.7 Å². The van der Waals surface area contributed by atoms with E-state index in [0.29, 0.717) is 56.1 Å². The predicted molar refractivity (Wildman–Crippen MR) is 162 cm³/mol. The lowest BCUT2D eigenvalue weighted by Crippen LogP contribution is -2.35. The number of likely N-dealkylation sites (tertiary alicyclic amines) is 1. The van der Waals surface area contributed by atoms with Crippen LogP contribution in [0, 0.1) is 5.95 Å². The second-order valence-corrected chi connectivity index (χ2v) is 10.9. The zero-order chi connectivity index (χ0) is 32.1. The minimum Gasteiger partial charge on any atom is -0.349 e. The van der Waals surface area contributed by atoms with Crippen molar-refractivity contribution < 1.29 is 18.8 Å². The van der Waals surface area contributed by atoms with Crippen molar-refractivity contribution in [2.75, 3.05) is 24.5 Å². The quantitative estimate of drug-likeness (QED) is 0.201. The minimum absolute atomic E-state index is 0.0878. The molecule has 236 valence electrons. The van der Waals surface area contributed by atoms with Gasteiger partial charge < -0.3 is 15.2 Å². The third kappa shape index (κ3) is 7.13. The van der Waals surface area contributed by atoms with Crippen molar-refractivity contribution in [2.24, 2.45) is 0 Å². The van der Waals surface area contributed by atoms with Crippen LogP contribution in [0.2, 0.25) is 0 Å². The maximum atomic E-state index is 13.5. The van der Waals surface area contributed by atoms with Crippen LogP contribution in [0.4, 0.5) is 10.2 Å². The Morgan fingerprint density at radius 1 is 1.09 bits per heavy atom. The SMILES string of the molecule is CCCn1c(=O)[nH]c(=O)c2[nH]c(C[C@H](NC(C)=O)c3ccc(N(CCCN4CCCC4=O)C(=O)c4ccc(F)nc4)nc3)nc21. The number of H-pyrrole nitrogens is 2. The Morgan fingerprint density at radius 3 is 2.56 bits per heavy atom. The van der Waals surface area contributed by atoms with Crippen molar-refractivity contribution in [3.8, 4) is 0 Å². The number of amides is 3. The number of fused-ring (bicyclic) bond motifs is 1. The summed E-state index contributed by atoms with van der Waals surface area (Å²) in [7, 11) is 0. The molecule has 0 aliphatic carbocycles. The normalized spacial score (nSPS) is 13.8. The van der Waals surface area contributed by atoms with Crippen molar-refractivity contribution in [3.05, 3.63) is 80.4 Å². The van der Waals surface area contributed by atoms with E-state index in [1.807, 2.05) is 6.92 Å². The van der Waals surface area contributed by atoms with E-state index in [-0.39, 0.29) is 41.5 Å². The van der Waals surface area contributed by atoms with E-state index in [0.717, 1.165) is 18.7 Å². The Balaban J connectivity index is 1.41. The first-order valence-corrected chi connectivity index (χ1v) is 14.8. The first-order chi connectivity index (χ1) is 21.6. The number of hydrogen-bond acceptors (Lipinski definition) is 8. The van der Waals surface area contributed by atoms with Crippen LogP contribution in [0.5, 0.6) is 0 Å². The first kappa shape index (κ1) is 31.2. The van der Waals surface area contributed by atoms with Gasteiger partial charge in [-0.1, -0.05) is 13.0 Å². The number of carbonyl (C=O) groups excluding carboxylic acids is 3. The first-order valence-electron chi connectivity index (χ1n) is 14.8. The Labute approximate surface area is 256 Å². The number of hydrogen-bond donors (Lipinski definition) is 3. The Kier molecular flexibility index (Phi) is 9.45. The fourth-order valence-electron chi connectivity index (χ4n) is 5.41. The van der Waals surface area contributed by atoms with E-state index in [1.54, 1.807) is 17.0 Å². The largest absolute Gasteiger partial charge is 0.349 e. The van der Waals surface area contributed by atoms with Gasteiger partial charge in [0.15, 0.2) is 5.65 Å². The highest BCUT2D eigenvalue weighted by Gasteiger charge is 2.24. The summed E-state index contributed by atoms with van der Waals surface area (Å²) in [6.45, 7) is 5.06. The summed E-state index contributed by atoms with van der Waals surface area (Å²) in [6, 6.07) is 5.21. The zero-order valence-electron chi connectivity index (χ0n) is 25.0. The zero-order valence-corrected chi connectivity index (χ0v) is 25.0. The van der Waals surface area contributed by atoms with Crippen LogP contribution in [0.3, 0.4) is 0 Å². The van der Waals surface area contributed by atoms with Gasteiger partial charge in [-0.2, -0.15) is 4.39 Å². The summed E-state index contributed by atoms with van der Waals surface area (Å²) in [4.78, 5) is 83.6. The summed E-state index contributed by atoms with van der Waals surface area (Å²) in [5.74, 6) is -0.658. The van der Waals surface area contributed by atoms with Gasteiger partial charge in [-0.05, 0) is 43.0 Å². The molecule has 1 aliphatic heterocycles. The molecule has 45 heavy (non-hydrogen) atoms. The molecule has 5 heterocycles. The summed E-state index contributed by atoms with van der Waals surface area (Å²) < 4.78 is 14.8. The van der Waals surface area contributed by atoms with Gasteiger partial charge in [0.05, 0.1) is 11.6 Å². The van der Waals surface area contributed by atoms with E-state index in [1.165, 1.54) is 28.7 Å². The van der Waals surface area contributed by atoms with Crippen molar-refractivity contribution in [2.45, 2.75) is 58.5 Å². The van der Waals surface area contributed by atoms with Crippen LogP contribution in [-0.2, 0) is 22.6 Å². The highest BCUT2D eigenvalue weighted by atomic mass is 19.1. The van der Waals surface area contributed by atoms with Gasteiger partial charge in [-0.25, -0.2) is 19.7 Å². The smallest absolute Gasteiger partial charge is 0.330 e. The van der Waals surface area contributed by atoms with Crippen LogP contribution in [-0.4, -0.2) is 71.7 Å². The topological polar surface area (TPSA) is 179 Å². The molecular weight excluding hydrogens is 585 g/mol. The maximum absolute atomic E-state index is 13.5. The molecule has 15 heteroatoms. The van der Waals surface area contributed by atoms with Crippen LogP contribution in [0.1, 0.15) is 67.3 Å². The second-order valence-electron chi connectivity index (χ2n) is 10.9. The van der Waals surface area contributed by atoms with E-state index in [4.69, 9.17) is 0 Å². The number of aromatic amines is 2. The average molecular weight is 620 g/mol. The van der Waals surface area contributed by atoms with Gasteiger partial charge in [-0.15, -0.1) is 0 Å². The van der Waals surface area contributed by atoms with Crippen molar-refractivity contribution in [3.63, 3.8) is 0 Å². The second kappa shape index (κ2) is 13.6. The van der Waals surface area contributed by atoms with Crippen molar-refractivity contribution in [1.29, 1.82) is 0 Å².